The minimum absolute atomic E-state index is 0.120. The Morgan fingerprint density at radius 1 is 0.882 bits per heavy atom. The zero-order valence-electron chi connectivity index (χ0n) is 9.87. The second kappa shape index (κ2) is 3.45. The highest BCUT2D eigenvalue weighted by atomic mass is 16.1. The van der Waals surface area contributed by atoms with Crippen molar-refractivity contribution in [3.8, 4) is 0 Å². The fourth-order valence-electron chi connectivity index (χ4n) is 2.23. The van der Waals surface area contributed by atoms with Crippen molar-refractivity contribution in [1.82, 2.24) is 4.98 Å². The van der Waals surface area contributed by atoms with Crippen molar-refractivity contribution in [2.24, 2.45) is 0 Å². The van der Waals surface area contributed by atoms with E-state index in [1.165, 1.54) is 0 Å². The first-order chi connectivity index (χ1) is 8.16. The maximum Gasteiger partial charge on any atom is 0.191 e. The number of aromatic amines is 1. The van der Waals surface area contributed by atoms with Crippen molar-refractivity contribution in [3.05, 3.63) is 57.9 Å². The number of rotatable bonds is 0. The highest BCUT2D eigenvalue weighted by Crippen LogP contribution is 2.21. The Balaban J connectivity index is 2.66. The first kappa shape index (κ1) is 10.1. The summed E-state index contributed by atoms with van der Waals surface area (Å²) in [6.45, 7) is 3.86. The van der Waals surface area contributed by atoms with Gasteiger partial charge in [0.05, 0.1) is 10.9 Å². The quantitative estimate of drug-likeness (QED) is 0.583. The number of aryl methyl sites for hydroxylation is 2. The first-order valence-corrected chi connectivity index (χ1v) is 5.69. The summed E-state index contributed by atoms with van der Waals surface area (Å²) in [5.41, 5.74) is 2.91. The molecule has 0 spiro atoms. The molecule has 2 heteroatoms. The van der Waals surface area contributed by atoms with Gasteiger partial charge in [-0.15, -0.1) is 0 Å². The molecule has 0 aliphatic carbocycles. The normalized spacial score (nSPS) is 11.2. The Morgan fingerprint density at radius 3 is 2.35 bits per heavy atom. The van der Waals surface area contributed by atoms with Crippen LogP contribution in [0.15, 0.2) is 41.2 Å². The molecule has 1 N–H and O–H groups in total. The second-order valence-corrected chi connectivity index (χ2v) is 4.48. The fourth-order valence-corrected chi connectivity index (χ4v) is 2.23. The molecular weight excluding hydrogens is 210 g/mol. The van der Waals surface area contributed by atoms with Gasteiger partial charge in [-0.1, -0.05) is 30.3 Å². The lowest BCUT2D eigenvalue weighted by Gasteiger charge is -2.05. The Kier molecular flexibility index (Phi) is 2.05. The molecule has 84 valence electrons. The van der Waals surface area contributed by atoms with Crippen LogP contribution in [0.4, 0.5) is 0 Å². The van der Waals surface area contributed by atoms with E-state index >= 15 is 0 Å². The third kappa shape index (κ3) is 1.45. The average molecular weight is 223 g/mol. The molecule has 0 saturated carbocycles. The summed E-state index contributed by atoms with van der Waals surface area (Å²) in [6, 6.07) is 12.0. The largest absolute Gasteiger partial charge is 0.358 e. The molecule has 0 unspecified atom stereocenters. The Labute approximate surface area is 98.9 Å². The summed E-state index contributed by atoms with van der Waals surface area (Å²) in [4.78, 5) is 15.5. The van der Waals surface area contributed by atoms with Crippen LogP contribution in [-0.4, -0.2) is 4.98 Å². The molecule has 0 bridgehead atoms. The molecule has 1 heterocycles. The van der Waals surface area contributed by atoms with Gasteiger partial charge in [0.2, 0.25) is 0 Å². The fraction of sp³-hybridized carbons (Fsp3) is 0.133. The summed E-state index contributed by atoms with van der Waals surface area (Å²) in [6.07, 6.45) is 0. The smallest absolute Gasteiger partial charge is 0.191 e. The van der Waals surface area contributed by atoms with Gasteiger partial charge in [-0.25, -0.2) is 0 Å². The molecule has 3 rings (SSSR count). The molecule has 3 aromatic rings. The number of H-pyrrole nitrogens is 1. The molecule has 0 atom stereocenters. The van der Waals surface area contributed by atoms with Gasteiger partial charge in [-0.05, 0) is 36.2 Å². The third-order valence-corrected chi connectivity index (χ3v) is 3.20. The third-order valence-electron chi connectivity index (χ3n) is 3.20. The van der Waals surface area contributed by atoms with Crippen LogP contribution in [0.3, 0.4) is 0 Å². The highest BCUT2D eigenvalue weighted by molar-refractivity contribution is 6.05. The predicted octanol–water partition coefficient (Wildman–Crippen LogP) is 3.30. The van der Waals surface area contributed by atoms with Gasteiger partial charge in [0, 0.05) is 5.69 Å². The minimum Gasteiger partial charge on any atom is -0.358 e. The zero-order valence-corrected chi connectivity index (χ0v) is 9.87. The van der Waals surface area contributed by atoms with Crippen molar-refractivity contribution in [2.75, 3.05) is 0 Å². The monoisotopic (exact) mass is 223 g/mol. The molecule has 2 nitrogen and oxygen atoms in total. The van der Waals surface area contributed by atoms with Gasteiger partial charge in [0.1, 0.15) is 0 Å². The summed E-state index contributed by atoms with van der Waals surface area (Å²) in [5.74, 6) is 0. The van der Waals surface area contributed by atoms with Crippen molar-refractivity contribution >= 4 is 21.7 Å². The van der Waals surface area contributed by atoms with Gasteiger partial charge in [-0.3, -0.25) is 4.79 Å². The van der Waals surface area contributed by atoms with Crippen LogP contribution in [0.25, 0.3) is 21.7 Å². The second-order valence-electron chi connectivity index (χ2n) is 4.48. The molecular formula is C15H13NO. The molecule has 0 radical (unpaired) electrons. The van der Waals surface area contributed by atoms with Crippen LogP contribution < -0.4 is 5.43 Å². The lowest BCUT2D eigenvalue weighted by atomic mass is 10.0. The molecule has 0 aliphatic rings. The predicted molar refractivity (Wildman–Crippen MR) is 71.5 cm³/mol. The average Bonchev–Trinajstić information content (AvgIpc) is 2.33. The summed E-state index contributed by atoms with van der Waals surface area (Å²) in [5, 5.41) is 2.87. The molecule has 0 amide bonds. The lowest BCUT2D eigenvalue weighted by molar-refractivity contribution is 1.26. The lowest BCUT2D eigenvalue weighted by Crippen LogP contribution is -2.05. The molecule has 1 aromatic heterocycles. The number of fused-ring (bicyclic) bond motifs is 3. The van der Waals surface area contributed by atoms with Crippen LogP contribution in [-0.2, 0) is 0 Å². The first-order valence-electron chi connectivity index (χ1n) is 5.69. The molecule has 0 aliphatic heterocycles. The maximum atomic E-state index is 12.2. The van der Waals surface area contributed by atoms with E-state index < -0.39 is 0 Å². The van der Waals surface area contributed by atoms with E-state index in [0.717, 1.165) is 32.9 Å². The SMILES string of the molecule is Cc1ccc2ccc3ccc(C)c(=O)c3c2[nH]1. The van der Waals surface area contributed by atoms with Crippen molar-refractivity contribution in [3.63, 3.8) is 0 Å². The number of hydrogen-bond donors (Lipinski definition) is 1. The molecule has 17 heavy (non-hydrogen) atoms. The number of aromatic nitrogens is 1. The van der Waals surface area contributed by atoms with Crippen molar-refractivity contribution < 1.29 is 0 Å². The molecule has 2 aromatic carbocycles. The van der Waals surface area contributed by atoms with Gasteiger partial charge in [0.15, 0.2) is 5.43 Å². The van der Waals surface area contributed by atoms with E-state index in [-0.39, 0.29) is 5.43 Å². The minimum atomic E-state index is 0.120. The summed E-state index contributed by atoms with van der Waals surface area (Å²) >= 11 is 0. The van der Waals surface area contributed by atoms with Gasteiger partial charge in [0.25, 0.3) is 0 Å². The summed E-state index contributed by atoms with van der Waals surface area (Å²) in [7, 11) is 0. The van der Waals surface area contributed by atoms with Crippen LogP contribution in [0.2, 0.25) is 0 Å². The van der Waals surface area contributed by atoms with Gasteiger partial charge >= 0.3 is 0 Å². The van der Waals surface area contributed by atoms with E-state index in [4.69, 9.17) is 0 Å². The number of nitrogens with one attached hydrogen (secondary N) is 1. The Hall–Kier alpha value is -2.09. The van der Waals surface area contributed by atoms with Crippen LogP contribution in [0.1, 0.15) is 11.3 Å². The maximum absolute atomic E-state index is 12.2. The van der Waals surface area contributed by atoms with Crippen molar-refractivity contribution in [2.45, 2.75) is 13.8 Å². The number of benzene rings is 2. The van der Waals surface area contributed by atoms with E-state index in [0.29, 0.717) is 0 Å². The van der Waals surface area contributed by atoms with E-state index in [2.05, 4.69) is 4.98 Å². The van der Waals surface area contributed by atoms with E-state index in [9.17, 15) is 4.79 Å². The Bertz CT molecular complexity index is 784. The van der Waals surface area contributed by atoms with Crippen LogP contribution in [0, 0.1) is 13.8 Å². The number of hydrogen-bond acceptors (Lipinski definition) is 1. The van der Waals surface area contributed by atoms with E-state index in [1.807, 2.05) is 50.2 Å². The molecule has 0 saturated heterocycles. The summed E-state index contributed by atoms with van der Waals surface area (Å²) < 4.78 is 0. The Morgan fingerprint density at radius 2 is 1.53 bits per heavy atom. The van der Waals surface area contributed by atoms with Gasteiger partial charge in [-0.2, -0.15) is 0 Å². The topological polar surface area (TPSA) is 32.9 Å². The van der Waals surface area contributed by atoms with E-state index in [1.54, 1.807) is 0 Å². The highest BCUT2D eigenvalue weighted by Gasteiger charge is 2.06. The standard InChI is InChI=1S/C15H13NO/c1-9-3-5-11-7-8-12-6-4-10(2)16-14(12)13(11)15(9)17/h3-8,16H,1-2H3. The van der Waals surface area contributed by atoms with Crippen LogP contribution >= 0.6 is 0 Å². The zero-order chi connectivity index (χ0) is 12.0. The van der Waals surface area contributed by atoms with Gasteiger partial charge < -0.3 is 4.98 Å². The number of pyridine rings is 1. The molecule has 0 fully saturated rings. The van der Waals surface area contributed by atoms with Crippen molar-refractivity contribution in [1.29, 1.82) is 0 Å². The van der Waals surface area contributed by atoms with Crippen LogP contribution in [0.5, 0.6) is 0 Å².